The number of nitrogens with zero attached hydrogens (tertiary/aromatic N) is 2. The van der Waals surface area contributed by atoms with Crippen LogP contribution in [0.5, 0.6) is 0 Å². The maximum atomic E-state index is 2.39. The summed E-state index contributed by atoms with van der Waals surface area (Å²) in [6, 6.07) is 101. The van der Waals surface area contributed by atoms with Gasteiger partial charge in [0.05, 0.1) is 0 Å². The fraction of sp³-hybridized carbons (Fsp3) is 0. The zero-order valence-electron chi connectivity index (χ0n) is 37.5. The number of anilines is 6. The van der Waals surface area contributed by atoms with E-state index in [4.69, 9.17) is 0 Å². The molecule has 0 saturated heterocycles. The molecule has 0 aromatic heterocycles. The summed E-state index contributed by atoms with van der Waals surface area (Å²) in [5.74, 6) is 0. The zero-order valence-corrected chi connectivity index (χ0v) is 37.5. The highest BCUT2D eigenvalue weighted by Gasteiger charge is 2.19. The first-order chi connectivity index (χ1) is 33.7. The van der Waals surface area contributed by atoms with Crippen LogP contribution in [0, 0.1) is 0 Å². The molecule has 320 valence electrons. The molecular weight excluding hydrogens is 821 g/mol. The molecule has 0 spiro atoms. The number of rotatable bonds is 10. The summed E-state index contributed by atoms with van der Waals surface area (Å²) in [7, 11) is 0. The summed E-state index contributed by atoms with van der Waals surface area (Å²) in [6.45, 7) is 0. The lowest BCUT2D eigenvalue weighted by molar-refractivity contribution is 1.29. The molecule has 2 heteroatoms. The quantitative estimate of drug-likeness (QED) is 0.126. The molecule has 0 saturated carbocycles. The molecule has 68 heavy (non-hydrogen) atoms. The van der Waals surface area contributed by atoms with Gasteiger partial charge in [-0.25, -0.2) is 0 Å². The fourth-order valence-corrected chi connectivity index (χ4v) is 9.84. The lowest BCUT2D eigenvalue weighted by Gasteiger charge is -2.27. The third-order valence-electron chi connectivity index (χ3n) is 13.3. The predicted octanol–water partition coefficient (Wildman–Crippen LogP) is 18.8. The molecule has 0 radical (unpaired) electrons. The largest absolute Gasteiger partial charge is 0.310 e. The van der Waals surface area contributed by atoms with Crippen molar-refractivity contribution in [3.8, 4) is 44.5 Å². The standard InChI is InChI=1S/C66H46N2/c1-5-15-47(16-6-1)51-25-33-55(34-26-51)67(56-35-27-52(28-36-56)48-17-7-2-8-18-48)59-41-43-63-64-44-42-60(46-66(64)62-24-14-13-23-61(62)65(63)45-59)68(57-37-29-53(30-38-57)49-19-9-3-10-20-49)58-39-31-54(32-40-58)50-21-11-4-12-22-50/h1-46H. The normalized spacial score (nSPS) is 11.2. The lowest BCUT2D eigenvalue weighted by Crippen LogP contribution is -2.10. The van der Waals surface area contributed by atoms with Crippen molar-refractivity contribution in [1.82, 2.24) is 0 Å². The first-order valence-electron chi connectivity index (χ1n) is 23.3. The third kappa shape index (κ3) is 7.74. The predicted molar refractivity (Wildman–Crippen MR) is 290 cm³/mol. The Morgan fingerprint density at radius 3 is 0.618 bits per heavy atom. The Bertz CT molecular complexity index is 3230. The molecule has 2 nitrogen and oxygen atoms in total. The van der Waals surface area contributed by atoms with E-state index in [9.17, 15) is 0 Å². The molecule has 0 bridgehead atoms. The molecular formula is C66H46N2. The van der Waals surface area contributed by atoms with Gasteiger partial charge in [0, 0.05) is 34.1 Å². The summed E-state index contributed by atoms with van der Waals surface area (Å²) < 4.78 is 0. The van der Waals surface area contributed by atoms with Crippen LogP contribution >= 0.6 is 0 Å². The molecule has 0 unspecified atom stereocenters. The first kappa shape index (κ1) is 40.5. The molecule has 0 fully saturated rings. The van der Waals surface area contributed by atoms with Gasteiger partial charge in [-0.1, -0.05) is 206 Å². The molecule has 0 aliphatic rings. The van der Waals surface area contributed by atoms with E-state index in [1.54, 1.807) is 0 Å². The topological polar surface area (TPSA) is 6.48 Å². The van der Waals surface area contributed by atoms with Crippen molar-refractivity contribution < 1.29 is 0 Å². The molecule has 0 aliphatic carbocycles. The van der Waals surface area contributed by atoms with Gasteiger partial charge in [0.1, 0.15) is 0 Å². The molecule has 0 atom stereocenters. The fourth-order valence-electron chi connectivity index (χ4n) is 9.84. The Morgan fingerprint density at radius 1 is 0.147 bits per heavy atom. The Hall–Kier alpha value is -8.98. The van der Waals surface area contributed by atoms with Crippen molar-refractivity contribution in [2.24, 2.45) is 0 Å². The third-order valence-corrected chi connectivity index (χ3v) is 13.3. The van der Waals surface area contributed by atoms with Crippen LogP contribution < -0.4 is 9.80 Å². The zero-order chi connectivity index (χ0) is 45.2. The number of hydrogen-bond acceptors (Lipinski definition) is 2. The Balaban J connectivity index is 0.986. The summed E-state index contributed by atoms with van der Waals surface area (Å²) in [5.41, 5.74) is 16.2. The minimum Gasteiger partial charge on any atom is -0.310 e. The SMILES string of the molecule is c1ccc(-c2ccc(N(c3ccc(-c4ccccc4)cc3)c3ccc4c5ccc(N(c6ccc(-c7ccccc7)cc6)c6ccc(-c7ccccc7)cc6)cc5c5ccccc5c4c3)cc2)cc1. The van der Waals surface area contributed by atoms with Crippen LogP contribution in [0.25, 0.3) is 76.8 Å². The van der Waals surface area contributed by atoms with Crippen molar-refractivity contribution >= 4 is 66.4 Å². The average Bonchev–Trinajstić information content (AvgIpc) is 3.43. The highest BCUT2D eigenvalue weighted by atomic mass is 15.1. The van der Waals surface area contributed by atoms with Gasteiger partial charge < -0.3 is 9.80 Å². The molecule has 12 aromatic rings. The van der Waals surface area contributed by atoms with Gasteiger partial charge in [-0.05, 0) is 150 Å². The van der Waals surface area contributed by atoms with E-state index in [2.05, 4.69) is 289 Å². The van der Waals surface area contributed by atoms with Crippen molar-refractivity contribution in [2.75, 3.05) is 9.80 Å². The molecule has 0 aliphatic heterocycles. The van der Waals surface area contributed by atoms with E-state index < -0.39 is 0 Å². The van der Waals surface area contributed by atoms with Crippen LogP contribution in [-0.2, 0) is 0 Å². The molecule has 0 amide bonds. The van der Waals surface area contributed by atoms with Crippen LogP contribution in [0.3, 0.4) is 0 Å². The van der Waals surface area contributed by atoms with Crippen LogP contribution in [-0.4, -0.2) is 0 Å². The second-order valence-corrected chi connectivity index (χ2v) is 17.3. The second kappa shape index (κ2) is 17.8. The van der Waals surface area contributed by atoms with Gasteiger partial charge in [0.15, 0.2) is 0 Å². The van der Waals surface area contributed by atoms with Crippen LogP contribution in [0.1, 0.15) is 0 Å². The minimum absolute atomic E-state index is 1.10. The maximum absolute atomic E-state index is 2.39. The number of fused-ring (bicyclic) bond motifs is 6. The highest BCUT2D eigenvalue weighted by molar-refractivity contribution is 6.26. The smallest absolute Gasteiger partial charge is 0.0468 e. The average molecular weight is 867 g/mol. The van der Waals surface area contributed by atoms with Crippen LogP contribution in [0.4, 0.5) is 34.1 Å². The lowest BCUT2D eigenvalue weighted by atomic mass is 9.93. The number of hydrogen-bond donors (Lipinski definition) is 0. The summed E-state index contributed by atoms with van der Waals surface area (Å²) >= 11 is 0. The van der Waals surface area contributed by atoms with Gasteiger partial charge in [-0.3, -0.25) is 0 Å². The van der Waals surface area contributed by atoms with E-state index in [0.29, 0.717) is 0 Å². The van der Waals surface area contributed by atoms with E-state index in [1.807, 2.05) is 0 Å². The highest BCUT2D eigenvalue weighted by Crippen LogP contribution is 2.44. The van der Waals surface area contributed by atoms with E-state index >= 15 is 0 Å². The van der Waals surface area contributed by atoms with Crippen molar-refractivity contribution in [3.05, 3.63) is 279 Å². The Labute approximate surface area is 397 Å². The Morgan fingerprint density at radius 2 is 0.353 bits per heavy atom. The van der Waals surface area contributed by atoms with Crippen molar-refractivity contribution in [2.45, 2.75) is 0 Å². The monoisotopic (exact) mass is 866 g/mol. The van der Waals surface area contributed by atoms with Gasteiger partial charge in [-0.15, -0.1) is 0 Å². The van der Waals surface area contributed by atoms with E-state index in [0.717, 1.165) is 34.1 Å². The minimum atomic E-state index is 1.10. The molecule has 12 rings (SSSR count). The first-order valence-corrected chi connectivity index (χ1v) is 23.3. The van der Waals surface area contributed by atoms with Gasteiger partial charge >= 0.3 is 0 Å². The number of benzene rings is 12. The van der Waals surface area contributed by atoms with Crippen LogP contribution in [0.2, 0.25) is 0 Å². The molecule has 0 heterocycles. The Kier molecular flexibility index (Phi) is 10.6. The molecule has 0 N–H and O–H groups in total. The van der Waals surface area contributed by atoms with E-state index in [-0.39, 0.29) is 0 Å². The molecule has 12 aromatic carbocycles. The van der Waals surface area contributed by atoms with Gasteiger partial charge in [-0.2, -0.15) is 0 Å². The summed E-state index contributed by atoms with van der Waals surface area (Å²) in [4.78, 5) is 4.77. The van der Waals surface area contributed by atoms with E-state index in [1.165, 1.54) is 76.8 Å². The summed E-state index contributed by atoms with van der Waals surface area (Å²) in [5, 5.41) is 7.32. The second-order valence-electron chi connectivity index (χ2n) is 17.3. The van der Waals surface area contributed by atoms with Crippen LogP contribution in [0.15, 0.2) is 279 Å². The van der Waals surface area contributed by atoms with Crippen molar-refractivity contribution in [1.29, 1.82) is 0 Å². The maximum Gasteiger partial charge on any atom is 0.0468 e. The van der Waals surface area contributed by atoms with Gasteiger partial charge in [0.2, 0.25) is 0 Å². The van der Waals surface area contributed by atoms with Crippen molar-refractivity contribution in [3.63, 3.8) is 0 Å². The summed E-state index contributed by atoms with van der Waals surface area (Å²) in [6.07, 6.45) is 0. The van der Waals surface area contributed by atoms with Gasteiger partial charge in [0.25, 0.3) is 0 Å².